The molecule has 18 heavy (non-hydrogen) atoms. The summed E-state index contributed by atoms with van der Waals surface area (Å²) in [5.74, 6) is -0.329. The fourth-order valence-electron chi connectivity index (χ4n) is 1.42. The van der Waals surface area contributed by atoms with E-state index in [0.717, 1.165) is 10.0 Å². The molecule has 1 aromatic rings. The third-order valence-electron chi connectivity index (χ3n) is 2.81. The molecule has 1 N–H and O–H groups in total. The van der Waals surface area contributed by atoms with Gasteiger partial charge in [-0.1, -0.05) is 22.0 Å². The molecule has 0 atom stereocenters. The van der Waals surface area contributed by atoms with Crippen LogP contribution in [0.3, 0.4) is 0 Å². The third kappa shape index (κ3) is 3.57. The molecule has 0 radical (unpaired) electrons. The fraction of sp³-hybridized carbons (Fsp3) is 0.385. The molecule has 1 aromatic carbocycles. The van der Waals surface area contributed by atoms with Crippen molar-refractivity contribution in [2.24, 2.45) is 0 Å². The Morgan fingerprint density at radius 2 is 2.06 bits per heavy atom. The van der Waals surface area contributed by atoms with E-state index in [9.17, 15) is 9.59 Å². The van der Waals surface area contributed by atoms with Crippen LogP contribution in [0.4, 0.5) is 0 Å². The van der Waals surface area contributed by atoms with Gasteiger partial charge in [0, 0.05) is 23.6 Å². The van der Waals surface area contributed by atoms with Crippen LogP contribution < -0.4 is 5.32 Å². The summed E-state index contributed by atoms with van der Waals surface area (Å²) in [7, 11) is 1.71. The highest BCUT2D eigenvalue weighted by Crippen LogP contribution is 2.19. The number of amides is 2. The number of benzene rings is 1. The van der Waals surface area contributed by atoms with Crippen LogP contribution in [0.15, 0.2) is 22.7 Å². The summed E-state index contributed by atoms with van der Waals surface area (Å²) >= 11 is 3.37. The number of rotatable bonds is 4. The molecule has 0 saturated carbocycles. The summed E-state index contributed by atoms with van der Waals surface area (Å²) in [5, 5.41) is 2.63. The van der Waals surface area contributed by atoms with Crippen molar-refractivity contribution in [2.45, 2.75) is 13.8 Å². The molecular weight excluding hydrogens is 296 g/mol. The van der Waals surface area contributed by atoms with E-state index in [0.29, 0.717) is 12.1 Å². The Labute approximate surface area is 115 Å². The van der Waals surface area contributed by atoms with Gasteiger partial charge < -0.3 is 10.2 Å². The van der Waals surface area contributed by atoms with E-state index in [1.54, 1.807) is 24.1 Å². The molecule has 0 saturated heterocycles. The zero-order chi connectivity index (χ0) is 13.7. The van der Waals surface area contributed by atoms with E-state index in [1.165, 1.54) is 0 Å². The minimum absolute atomic E-state index is 0.0229. The molecule has 5 heteroatoms. The van der Waals surface area contributed by atoms with Crippen LogP contribution in [-0.2, 0) is 4.79 Å². The second-order valence-corrected chi connectivity index (χ2v) is 4.86. The van der Waals surface area contributed by atoms with Crippen molar-refractivity contribution in [3.63, 3.8) is 0 Å². The minimum Gasteiger partial charge on any atom is -0.345 e. The number of nitrogens with one attached hydrogen (secondary N) is 1. The van der Waals surface area contributed by atoms with Crippen LogP contribution in [0.1, 0.15) is 22.8 Å². The van der Waals surface area contributed by atoms with Gasteiger partial charge in [0.1, 0.15) is 0 Å². The maximum atomic E-state index is 11.9. The van der Waals surface area contributed by atoms with Crippen LogP contribution in [0.2, 0.25) is 0 Å². The molecule has 1 rings (SSSR count). The summed E-state index contributed by atoms with van der Waals surface area (Å²) in [6.07, 6.45) is 0. The second-order valence-electron chi connectivity index (χ2n) is 4.00. The van der Waals surface area contributed by atoms with E-state index in [4.69, 9.17) is 0 Å². The van der Waals surface area contributed by atoms with Gasteiger partial charge in [0.05, 0.1) is 6.54 Å². The predicted molar refractivity (Wildman–Crippen MR) is 74.5 cm³/mol. The molecule has 2 amide bonds. The van der Waals surface area contributed by atoms with Crippen molar-refractivity contribution >= 4 is 27.7 Å². The number of hydrogen-bond donors (Lipinski definition) is 1. The maximum Gasteiger partial charge on any atom is 0.252 e. The smallest absolute Gasteiger partial charge is 0.252 e. The predicted octanol–water partition coefficient (Wildman–Crippen LogP) is 1.97. The first-order valence-electron chi connectivity index (χ1n) is 5.74. The Hall–Kier alpha value is -1.36. The first-order chi connectivity index (χ1) is 8.47. The molecular formula is C13H17BrN2O2. The lowest BCUT2D eigenvalue weighted by Gasteiger charge is -2.15. The number of hydrogen-bond acceptors (Lipinski definition) is 2. The topological polar surface area (TPSA) is 49.4 Å². The number of nitrogens with zero attached hydrogens (tertiary/aromatic N) is 1. The van der Waals surface area contributed by atoms with Crippen molar-refractivity contribution in [3.05, 3.63) is 33.8 Å². The van der Waals surface area contributed by atoms with Crippen molar-refractivity contribution in [2.75, 3.05) is 20.1 Å². The van der Waals surface area contributed by atoms with Gasteiger partial charge in [-0.15, -0.1) is 0 Å². The summed E-state index contributed by atoms with van der Waals surface area (Å²) in [4.78, 5) is 25.1. The van der Waals surface area contributed by atoms with Gasteiger partial charge in [0.2, 0.25) is 5.91 Å². The maximum absolute atomic E-state index is 11.9. The van der Waals surface area contributed by atoms with Crippen molar-refractivity contribution in [1.29, 1.82) is 0 Å². The van der Waals surface area contributed by atoms with Gasteiger partial charge in [0.25, 0.3) is 5.91 Å². The Morgan fingerprint density at radius 3 is 2.67 bits per heavy atom. The van der Waals surface area contributed by atoms with Crippen LogP contribution in [0, 0.1) is 6.92 Å². The minimum atomic E-state index is -0.230. The second kappa shape index (κ2) is 6.54. The molecule has 0 heterocycles. The van der Waals surface area contributed by atoms with E-state index in [1.807, 2.05) is 19.9 Å². The highest BCUT2D eigenvalue weighted by atomic mass is 79.9. The molecule has 0 aromatic heterocycles. The first-order valence-corrected chi connectivity index (χ1v) is 6.54. The van der Waals surface area contributed by atoms with Crippen molar-refractivity contribution < 1.29 is 9.59 Å². The summed E-state index contributed by atoms with van der Waals surface area (Å²) in [6.45, 7) is 4.40. The Balaban J connectivity index is 2.67. The summed E-state index contributed by atoms with van der Waals surface area (Å²) in [5.41, 5.74) is 1.45. The normalized spacial score (nSPS) is 10.0. The van der Waals surface area contributed by atoms with Crippen LogP contribution in [0.5, 0.6) is 0 Å². The average Bonchev–Trinajstić information content (AvgIpc) is 2.37. The molecule has 98 valence electrons. The largest absolute Gasteiger partial charge is 0.345 e. The molecule has 0 aliphatic carbocycles. The molecule has 0 unspecified atom stereocenters. The number of halogens is 1. The molecule has 0 aliphatic heterocycles. The molecule has 0 aliphatic rings. The SMILES string of the molecule is CCN(C)C(=O)CNC(=O)c1cccc(Br)c1C. The standard InChI is InChI=1S/C13H17BrN2O2/c1-4-16(3)12(17)8-15-13(18)10-6-5-7-11(14)9(10)2/h5-7H,4,8H2,1-3H3,(H,15,18). The zero-order valence-corrected chi connectivity index (χ0v) is 12.4. The van der Waals surface area contributed by atoms with Crippen LogP contribution >= 0.6 is 15.9 Å². The zero-order valence-electron chi connectivity index (χ0n) is 10.8. The van der Waals surface area contributed by atoms with E-state index in [2.05, 4.69) is 21.2 Å². The number of carbonyl (C=O) groups excluding carboxylic acids is 2. The highest BCUT2D eigenvalue weighted by Gasteiger charge is 2.13. The Morgan fingerprint density at radius 1 is 1.39 bits per heavy atom. The molecule has 0 bridgehead atoms. The third-order valence-corrected chi connectivity index (χ3v) is 3.67. The molecule has 4 nitrogen and oxygen atoms in total. The number of likely N-dealkylation sites (N-methyl/N-ethyl adjacent to an activating group) is 1. The van der Waals surface area contributed by atoms with Gasteiger partial charge >= 0.3 is 0 Å². The van der Waals surface area contributed by atoms with Gasteiger partial charge in [-0.05, 0) is 31.5 Å². The number of carbonyl (C=O) groups is 2. The van der Waals surface area contributed by atoms with E-state index in [-0.39, 0.29) is 18.4 Å². The van der Waals surface area contributed by atoms with Gasteiger partial charge in [-0.25, -0.2) is 0 Å². The Bertz CT molecular complexity index is 460. The van der Waals surface area contributed by atoms with Crippen LogP contribution in [-0.4, -0.2) is 36.9 Å². The van der Waals surface area contributed by atoms with Gasteiger partial charge in [-0.2, -0.15) is 0 Å². The lowest BCUT2D eigenvalue weighted by atomic mass is 10.1. The molecule has 0 spiro atoms. The lowest BCUT2D eigenvalue weighted by Crippen LogP contribution is -2.38. The first kappa shape index (κ1) is 14.7. The lowest BCUT2D eigenvalue weighted by molar-refractivity contribution is -0.128. The average molecular weight is 313 g/mol. The monoisotopic (exact) mass is 312 g/mol. The van der Waals surface area contributed by atoms with Gasteiger partial charge in [0.15, 0.2) is 0 Å². The van der Waals surface area contributed by atoms with E-state index >= 15 is 0 Å². The highest BCUT2D eigenvalue weighted by molar-refractivity contribution is 9.10. The Kier molecular flexibility index (Phi) is 5.34. The summed E-state index contributed by atoms with van der Waals surface area (Å²) < 4.78 is 0.882. The van der Waals surface area contributed by atoms with Crippen LogP contribution in [0.25, 0.3) is 0 Å². The quantitative estimate of drug-likeness (QED) is 0.924. The van der Waals surface area contributed by atoms with Gasteiger partial charge in [-0.3, -0.25) is 9.59 Å². The summed E-state index contributed by atoms with van der Waals surface area (Å²) in [6, 6.07) is 5.41. The molecule has 0 fully saturated rings. The van der Waals surface area contributed by atoms with Crippen molar-refractivity contribution in [1.82, 2.24) is 10.2 Å². The van der Waals surface area contributed by atoms with E-state index < -0.39 is 0 Å². The fourth-order valence-corrected chi connectivity index (χ4v) is 1.78. The van der Waals surface area contributed by atoms with Crippen molar-refractivity contribution in [3.8, 4) is 0 Å².